The smallest absolute Gasteiger partial charge is 0.224 e. The number of rotatable bonds is 10. The van der Waals surface area contributed by atoms with Crippen LogP contribution in [0, 0.1) is 5.41 Å². The second-order valence-electron chi connectivity index (χ2n) is 5.73. The van der Waals surface area contributed by atoms with E-state index in [-0.39, 0.29) is 5.91 Å². The lowest BCUT2D eigenvalue weighted by Gasteiger charge is -2.23. The summed E-state index contributed by atoms with van der Waals surface area (Å²) >= 11 is 0. The fourth-order valence-electron chi connectivity index (χ4n) is 1.67. The second kappa shape index (κ2) is 8.51. The van der Waals surface area contributed by atoms with Gasteiger partial charge in [0.25, 0.3) is 0 Å². The van der Waals surface area contributed by atoms with E-state index in [2.05, 4.69) is 19.2 Å². The Bertz CT molecular complexity index is 214. The molecule has 0 saturated carbocycles. The van der Waals surface area contributed by atoms with E-state index in [1.165, 1.54) is 38.5 Å². The molecule has 0 aliphatic rings. The van der Waals surface area contributed by atoms with Crippen molar-refractivity contribution in [1.29, 1.82) is 0 Å². The highest BCUT2D eigenvalue weighted by atomic mass is 16.1. The number of amides is 1. The highest BCUT2D eigenvalue weighted by molar-refractivity contribution is 5.80. The van der Waals surface area contributed by atoms with E-state index in [4.69, 9.17) is 5.73 Å². The van der Waals surface area contributed by atoms with Gasteiger partial charge in [-0.25, -0.2) is 0 Å². The van der Waals surface area contributed by atoms with Gasteiger partial charge in [0.1, 0.15) is 0 Å². The lowest BCUT2D eigenvalue weighted by molar-refractivity contribution is -0.125. The second-order valence-corrected chi connectivity index (χ2v) is 5.73. The first-order chi connectivity index (χ1) is 7.90. The molecule has 1 amide bonds. The van der Waals surface area contributed by atoms with Gasteiger partial charge in [0.2, 0.25) is 5.91 Å². The normalized spacial score (nSPS) is 13.6. The molecule has 17 heavy (non-hydrogen) atoms. The number of nitrogens with two attached hydrogens (primary N) is 1. The van der Waals surface area contributed by atoms with Gasteiger partial charge in [0.15, 0.2) is 0 Å². The lowest BCUT2D eigenvalue weighted by atomic mass is 9.92. The van der Waals surface area contributed by atoms with Crippen molar-refractivity contribution in [2.45, 2.75) is 72.3 Å². The predicted octanol–water partition coefficient (Wildman–Crippen LogP) is 2.84. The maximum atomic E-state index is 11.1. The monoisotopic (exact) mass is 242 g/mol. The summed E-state index contributed by atoms with van der Waals surface area (Å²) in [6.45, 7) is 8.85. The molecule has 0 saturated heterocycles. The van der Waals surface area contributed by atoms with Gasteiger partial charge in [-0.1, -0.05) is 39.0 Å². The summed E-state index contributed by atoms with van der Waals surface area (Å²) in [5.74, 6) is -0.236. The van der Waals surface area contributed by atoms with Crippen LogP contribution in [0.1, 0.15) is 66.2 Å². The van der Waals surface area contributed by atoms with Crippen LogP contribution in [0.2, 0.25) is 0 Å². The molecule has 1 unspecified atom stereocenters. The average molecular weight is 242 g/mol. The molecule has 0 aromatic carbocycles. The Morgan fingerprint density at radius 1 is 1.24 bits per heavy atom. The minimum atomic E-state index is -0.448. The third-order valence-corrected chi connectivity index (χ3v) is 3.30. The van der Waals surface area contributed by atoms with Crippen LogP contribution < -0.4 is 11.1 Å². The van der Waals surface area contributed by atoms with Crippen LogP contribution in [0.3, 0.4) is 0 Å². The molecule has 102 valence electrons. The number of primary amides is 1. The van der Waals surface area contributed by atoms with Crippen LogP contribution in [-0.4, -0.2) is 18.5 Å². The SMILES string of the molecule is CCCCCCCC(C)NCC(C)(C)C(N)=O. The molecule has 1 atom stereocenters. The van der Waals surface area contributed by atoms with Crippen LogP contribution in [0.5, 0.6) is 0 Å². The number of hydrogen-bond donors (Lipinski definition) is 2. The lowest BCUT2D eigenvalue weighted by Crippen LogP contribution is -2.43. The molecule has 3 heteroatoms. The molecule has 0 fully saturated rings. The number of unbranched alkanes of at least 4 members (excludes halogenated alkanes) is 4. The van der Waals surface area contributed by atoms with Gasteiger partial charge in [-0.2, -0.15) is 0 Å². The van der Waals surface area contributed by atoms with E-state index in [9.17, 15) is 4.79 Å². The predicted molar refractivity (Wildman–Crippen MR) is 73.8 cm³/mol. The third-order valence-electron chi connectivity index (χ3n) is 3.30. The summed E-state index contributed by atoms with van der Waals surface area (Å²) in [6, 6.07) is 0.468. The Kier molecular flexibility index (Phi) is 8.23. The van der Waals surface area contributed by atoms with Crippen molar-refractivity contribution >= 4 is 5.91 Å². The topological polar surface area (TPSA) is 55.1 Å². The fraction of sp³-hybridized carbons (Fsp3) is 0.929. The van der Waals surface area contributed by atoms with Crippen LogP contribution in [-0.2, 0) is 4.79 Å². The molecule has 0 rings (SSSR count). The first kappa shape index (κ1) is 16.4. The van der Waals surface area contributed by atoms with E-state index in [1.54, 1.807) is 0 Å². The molecular weight excluding hydrogens is 212 g/mol. The maximum absolute atomic E-state index is 11.1. The molecule has 3 N–H and O–H groups in total. The van der Waals surface area contributed by atoms with Crippen molar-refractivity contribution in [3.05, 3.63) is 0 Å². The van der Waals surface area contributed by atoms with Crippen LogP contribution in [0.15, 0.2) is 0 Å². The minimum Gasteiger partial charge on any atom is -0.369 e. The molecular formula is C14H30N2O. The van der Waals surface area contributed by atoms with Gasteiger partial charge in [0, 0.05) is 12.6 Å². The number of nitrogens with one attached hydrogen (secondary N) is 1. The van der Waals surface area contributed by atoms with Crippen LogP contribution >= 0.6 is 0 Å². The van der Waals surface area contributed by atoms with Gasteiger partial charge in [-0.3, -0.25) is 4.79 Å². The Balaban J connectivity index is 3.59. The van der Waals surface area contributed by atoms with Crippen molar-refractivity contribution in [2.24, 2.45) is 11.1 Å². The first-order valence-electron chi connectivity index (χ1n) is 6.93. The zero-order chi connectivity index (χ0) is 13.3. The zero-order valence-electron chi connectivity index (χ0n) is 12.0. The molecule has 0 aromatic rings. The van der Waals surface area contributed by atoms with Crippen molar-refractivity contribution in [3.8, 4) is 0 Å². The van der Waals surface area contributed by atoms with Gasteiger partial charge in [-0.05, 0) is 27.2 Å². The van der Waals surface area contributed by atoms with Crippen molar-refractivity contribution in [2.75, 3.05) is 6.54 Å². The molecule has 3 nitrogen and oxygen atoms in total. The van der Waals surface area contributed by atoms with Crippen LogP contribution in [0.25, 0.3) is 0 Å². The standard InChI is InChI=1S/C14H30N2O/c1-5-6-7-8-9-10-12(2)16-11-14(3,4)13(15)17/h12,16H,5-11H2,1-4H3,(H2,15,17). The molecule has 0 aliphatic heterocycles. The quantitative estimate of drug-likeness (QED) is 0.579. The van der Waals surface area contributed by atoms with Crippen molar-refractivity contribution in [3.63, 3.8) is 0 Å². The van der Waals surface area contributed by atoms with E-state index < -0.39 is 5.41 Å². The van der Waals surface area contributed by atoms with Crippen molar-refractivity contribution in [1.82, 2.24) is 5.32 Å². The molecule has 0 aromatic heterocycles. The highest BCUT2D eigenvalue weighted by Crippen LogP contribution is 2.13. The zero-order valence-corrected chi connectivity index (χ0v) is 12.0. The molecule has 0 radical (unpaired) electrons. The summed E-state index contributed by atoms with van der Waals surface area (Å²) in [6.07, 6.45) is 7.75. The minimum absolute atomic E-state index is 0.236. The molecule has 0 bridgehead atoms. The number of carbonyl (C=O) groups excluding carboxylic acids is 1. The Morgan fingerprint density at radius 2 is 1.82 bits per heavy atom. The van der Waals surface area contributed by atoms with Gasteiger partial charge < -0.3 is 11.1 Å². The van der Waals surface area contributed by atoms with E-state index in [1.807, 2.05) is 13.8 Å². The summed E-state index contributed by atoms with van der Waals surface area (Å²) in [7, 11) is 0. The Morgan fingerprint density at radius 3 is 2.35 bits per heavy atom. The number of hydrogen-bond acceptors (Lipinski definition) is 2. The van der Waals surface area contributed by atoms with Gasteiger partial charge >= 0.3 is 0 Å². The first-order valence-corrected chi connectivity index (χ1v) is 6.93. The summed E-state index contributed by atoms with van der Waals surface area (Å²) < 4.78 is 0. The fourth-order valence-corrected chi connectivity index (χ4v) is 1.67. The van der Waals surface area contributed by atoms with Gasteiger partial charge in [0.05, 0.1) is 5.41 Å². The average Bonchev–Trinajstić information content (AvgIpc) is 2.26. The van der Waals surface area contributed by atoms with Crippen LogP contribution in [0.4, 0.5) is 0 Å². The third kappa shape index (κ3) is 8.19. The van der Waals surface area contributed by atoms with E-state index >= 15 is 0 Å². The number of carbonyl (C=O) groups is 1. The molecule has 0 spiro atoms. The molecule has 0 aliphatic carbocycles. The van der Waals surface area contributed by atoms with E-state index in [0.29, 0.717) is 12.6 Å². The van der Waals surface area contributed by atoms with Gasteiger partial charge in [-0.15, -0.1) is 0 Å². The van der Waals surface area contributed by atoms with Crippen molar-refractivity contribution < 1.29 is 4.79 Å². The highest BCUT2D eigenvalue weighted by Gasteiger charge is 2.24. The summed E-state index contributed by atoms with van der Waals surface area (Å²) in [4.78, 5) is 11.1. The van der Waals surface area contributed by atoms with E-state index in [0.717, 1.165) is 0 Å². The Labute approximate surface area is 107 Å². The maximum Gasteiger partial charge on any atom is 0.224 e. The largest absolute Gasteiger partial charge is 0.369 e. The summed E-state index contributed by atoms with van der Waals surface area (Å²) in [5, 5.41) is 3.39. The molecule has 0 heterocycles. The summed E-state index contributed by atoms with van der Waals surface area (Å²) in [5.41, 5.74) is 4.88. The Hall–Kier alpha value is -0.570.